The number of hydrogen-bond donors (Lipinski definition) is 2. The first-order chi connectivity index (χ1) is 6.88. The van der Waals surface area contributed by atoms with Gasteiger partial charge in [-0.1, -0.05) is 0 Å². The second kappa shape index (κ2) is 4.37. The standard InChI is InChI=1S/C10H21N3O2/c1-10(2,7-11)12(3)9(15)13-5-4-8(14)6-13/h8,14H,4-7,11H2,1-3H3. The van der Waals surface area contributed by atoms with E-state index in [1.807, 2.05) is 13.8 Å². The van der Waals surface area contributed by atoms with Crippen LogP contribution >= 0.6 is 0 Å². The zero-order valence-electron chi connectivity index (χ0n) is 9.73. The van der Waals surface area contributed by atoms with Crippen molar-refractivity contribution in [3.63, 3.8) is 0 Å². The SMILES string of the molecule is CN(C(=O)N1CCC(O)C1)C(C)(C)CN. The number of urea groups is 1. The predicted molar refractivity (Wildman–Crippen MR) is 58.5 cm³/mol. The Morgan fingerprint density at radius 3 is 2.67 bits per heavy atom. The van der Waals surface area contributed by atoms with Gasteiger partial charge in [0.1, 0.15) is 0 Å². The number of carbonyl (C=O) groups is 1. The number of aliphatic hydroxyl groups is 1. The normalized spacial score (nSPS) is 21.9. The van der Waals surface area contributed by atoms with E-state index in [4.69, 9.17) is 5.73 Å². The summed E-state index contributed by atoms with van der Waals surface area (Å²) in [6.07, 6.45) is 0.297. The summed E-state index contributed by atoms with van der Waals surface area (Å²) in [7, 11) is 1.75. The minimum absolute atomic E-state index is 0.0537. The second-order valence-corrected chi connectivity index (χ2v) is 4.75. The average molecular weight is 215 g/mol. The molecule has 5 heteroatoms. The summed E-state index contributed by atoms with van der Waals surface area (Å²) in [5.74, 6) is 0. The first-order valence-electron chi connectivity index (χ1n) is 5.29. The van der Waals surface area contributed by atoms with Gasteiger partial charge in [-0.15, -0.1) is 0 Å². The van der Waals surface area contributed by atoms with Gasteiger partial charge in [0.2, 0.25) is 0 Å². The van der Waals surface area contributed by atoms with Gasteiger partial charge in [0.15, 0.2) is 0 Å². The van der Waals surface area contributed by atoms with Crippen LogP contribution in [0.3, 0.4) is 0 Å². The van der Waals surface area contributed by atoms with E-state index in [1.165, 1.54) is 0 Å². The number of carbonyl (C=O) groups excluding carboxylic acids is 1. The van der Waals surface area contributed by atoms with E-state index in [9.17, 15) is 9.90 Å². The molecule has 1 unspecified atom stereocenters. The molecule has 0 bridgehead atoms. The Morgan fingerprint density at radius 1 is 1.67 bits per heavy atom. The highest BCUT2D eigenvalue weighted by molar-refractivity contribution is 5.75. The number of β-amino-alcohol motifs (C(OH)–C–C–N with tert-alkyl or cyclic N) is 1. The fourth-order valence-electron chi connectivity index (χ4n) is 1.52. The number of amides is 2. The Morgan fingerprint density at radius 2 is 2.27 bits per heavy atom. The van der Waals surface area contributed by atoms with Gasteiger partial charge in [-0.05, 0) is 20.3 Å². The van der Waals surface area contributed by atoms with Crippen molar-refractivity contribution in [2.24, 2.45) is 5.73 Å². The molecule has 1 heterocycles. The molecule has 88 valence electrons. The van der Waals surface area contributed by atoms with Gasteiger partial charge in [0.25, 0.3) is 0 Å². The summed E-state index contributed by atoms with van der Waals surface area (Å²) in [6.45, 7) is 5.34. The molecular formula is C10H21N3O2. The van der Waals surface area contributed by atoms with Gasteiger partial charge in [-0.25, -0.2) is 4.79 Å². The predicted octanol–water partition coefficient (Wildman–Crippen LogP) is -0.158. The Balaban J connectivity index is 2.60. The smallest absolute Gasteiger partial charge is 0.320 e. The van der Waals surface area contributed by atoms with Crippen LogP contribution < -0.4 is 5.73 Å². The van der Waals surface area contributed by atoms with Gasteiger partial charge in [-0.2, -0.15) is 0 Å². The fraction of sp³-hybridized carbons (Fsp3) is 0.900. The molecule has 1 aliphatic heterocycles. The minimum atomic E-state index is -0.372. The lowest BCUT2D eigenvalue weighted by molar-refractivity contribution is 0.121. The maximum atomic E-state index is 12.0. The topological polar surface area (TPSA) is 69.8 Å². The largest absolute Gasteiger partial charge is 0.391 e. The van der Waals surface area contributed by atoms with Crippen LogP contribution in [0, 0.1) is 0 Å². The van der Waals surface area contributed by atoms with E-state index in [2.05, 4.69) is 0 Å². The van der Waals surface area contributed by atoms with Crippen LogP contribution in [-0.4, -0.2) is 59.3 Å². The Kier molecular flexibility index (Phi) is 3.57. The maximum absolute atomic E-state index is 12.0. The Hall–Kier alpha value is -0.810. The van der Waals surface area contributed by atoms with E-state index in [0.29, 0.717) is 26.1 Å². The molecule has 15 heavy (non-hydrogen) atoms. The summed E-state index contributed by atoms with van der Waals surface area (Å²) in [4.78, 5) is 15.3. The van der Waals surface area contributed by atoms with E-state index in [-0.39, 0.29) is 17.7 Å². The molecule has 1 aliphatic rings. The van der Waals surface area contributed by atoms with Crippen molar-refractivity contribution >= 4 is 6.03 Å². The second-order valence-electron chi connectivity index (χ2n) is 4.75. The fourth-order valence-corrected chi connectivity index (χ4v) is 1.52. The number of hydrogen-bond acceptors (Lipinski definition) is 3. The van der Waals surface area contributed by atoms with E-state index in [1.54, 1.807) is 16.8 Å². The molecule has 0 saturated carbocycles. The molecule has 0 aromatic rings. The van der Waals surface area contributed by atoms with Crippen LogP contribution in [0.1, 0.15) is 20.3 Å². The van der Waals surface area contributed by atoms with Gasteiger partial charge >= 0.3 is 6.03 Å². The van der Waals surface area contributed by atoms with Crippen LogP contribution in [0.2, 0.25) is 0 Å². The first kappa shape index (κ1) is 12.3. The van der Waals surface area contributed by atoms with Crippen molar-refractivity contribution in [2.75, 3.05) is 26.7 Å². The first-order valence-corrected chi connectivity index (χ1v) is 5.29. The highest BCUT2D eigenvalue weighted by Gasteiger charge is 2.32. The lowest BCUT2D eigenvalue weighted by atomic mass is 10.0. The summed E-state index contributed by atoms with van der Waals surface area (Å²) >= 11 is 0. The average Bonchev–Trinajstić information content (AvgIpc) is 2.62. The number of rotatable bonds is 2. The third-order valence-corrected chi connectivity index (χ3v) is 3.13. The summed E-state index contributed by atoms with van der Waals surface area (Å²) in [5.41, 5.74) is 5.27. The van der Waals surface area contributed by atoms with Crippen LogP contribution in [0.4, 0.5) is 4.79 Å². The molecule has 0 aromatic carbocycles. The third-order valence-electron chi connectivity index (χ3n) is 3.13. The van der Waals surface area contributed by atoms with Crippen molar-refractivity contribution < 1.29 is 9.90 Å². The lowest BCUT2D eigenvalue weighted by Gasteiger charge is -2.37. The molecule has 1 fully saturated rings. The quantitative estimate of drug-likeness (QED) is 0.672. The molecule has 0 aliphatic carbocycles. The number of aliphatic hydroxyl groups excluding tert-OH is 1. The summed E-state index contributed by atoms with van der Waals surface area (Å²) < 4.78 is 0. The lowest BCUT2D eigenvalue weighted by Crippen LogP contribution is -2.54. The zero-order chi connectivity index (χ0) is 11.6. The van der Waals surface area contributed by atoms with E-state index in [0.717, 1.165) is 0 Å². The number of nitrogens with two attached hydrogens (primary N) is 1. The van der Waals surface area contributed by atoms with Crippen LogP contribution in [0.5, 0.6) is 0 Å². The molecule has 0 aromatic heterocycles. The highest BCUT2D eigenvalue weighted by Crippen LogP contribution is 2.16. The van der Waals surface area contributed by atoms with Crippen molar-refractivity contribution in [1.29, 1.82) is 0 Å². The molecule has 1 saturated heterocycles. The molecule has 1 rings (SSSR count). The van der Waals surface area contributed by atoms with Crippen LogP contribution in [-0.2, 0) is 0 Å². The monoisotopic (exact) mass is 215 g/mol. The Labute approximate surface area is 90.8 Å². The van der Waals surface area contributed by atoms with Gasteiger partial charge in [-0.3, -0.25) is 0 Å². The third kappa shape index (κ3) is 2.60. The van der Waals surface area contributed by atoms with E-state index < -0.39 is 0 Å². The maximum Gasteiger partial charge on any atom is 0.320 e. The molecular weight excluding hydrogens is 194 g/mol. The number of likely N-dealkylation sites (N-methyl/N-ethyl adjacent to an activating group) is 1. The van der Waals surface area contributed by atoms with Crippen LogP contribution in [0.25, 0.3) is 0 Å². The van der Waals surface area contributed by atoms with E-state index >= 15 is 0 Å². The van der Waals surface area contributed by atoms with Gasteiger partial charge in [0, 0.05) is 26.7 Å². The van der Waals surface area contributed by atoms with Gasteiger partial charge in [0.05, 0.1) is 11.6 Å². The molecule has 5 nitrogen and oxygen atoms in total. The minimum Gasteiger partial charge on any atom is -0.391 e. The van der Waals surface area contributed by atoms with Crippen LogP contribution in [0.15, 0.2) is 0 Å². The number of likely N-dealkylation sites (tertiary alicyclic amines) is 1. The zero-order valence-corrected chi connectivity index (χ0v) is 9.73. The Bertz CT molecular complexity index is 243. The van der Waals surface area contributed by atoms with Crippen molar-refractivity contribution in [3.8, 4) is 0 Å². The molecule has 3 N–H and O–H groups in total. The molecule has 1 atom stereocenters. The highest BCUT2D eigenvalue weighted by atomic mass is 16.3. The van der Waals surface area contributed by atoms with Crippen molar-refractivity contribution in [2.45, 2.75) is 31.9 Å². The summed E-state index contributed by atoms with van der Waals surface area (Å²) in [6, 6.07) is -0.0537. The molecule has 0 spiro atoms. The molecule has 0 radical (unpaired) electrons. The van der Waals surface area contributed by atoms with Gasteiger partial charge < -0.3 is 20.6 Å². The number of nitrogens with zero attached hydrogens (tertiary/aromatic N) is 2. The van der Waals surface area contributed by atoms with Crippen molar-refractivity contribution in [1.82, 2.24) is 9.80 Å². The summed E-state index contributed by atoms with van der Waals surface area (Å²) in [5, 5.41) is 9.35. The molecule has 2 amide bonds. The van der Waals surface area contributed by atoms with Crippen molar-refractivity contribution in [3.05, 3.63) is 0 Å².